The molecule has 0 radical (unpaired) electrons. The smallest absolute Gasteiger partial charge is 0.264 e. The number of carbonyl (C=O) groups is 1. The van der Waals surface area contributed by atoms with E-state index < -0.39 is 15.9 Å². The molecule has 0 fully saturated rings. The van der Waals surface area contributed by atoms with Gasteiger partial charge in [0, 0.05) is 12.7 Å². The molecule has 7 heteroatoms. The number of anilines is 2. The van der Waals surface area contributed by atoms with Gasteiger partial charge in [-0.25, -0.2) is 8.42 Å². The quantitative estimate of drug-likeness (QED) is 0.688. The van der Waals surface area contributed by atoms with Gasteiger partial charge in [0.1, 0.15) is 5.75 Å². The second-order valence-electron chi connectivity index (χ2n) is 5.99. The van der Waals surface area contributed by atoms with E-state index in [0.717, 1.165) is 4.31 Å². The van der Waals surface area contributed by atoms with Crippen molar-refractivity contribution in [2.75, 3.05) is 23.8 Å². The second kappa shape index (κ2) is 8.14. The minimum Gasteiger partial charge on any atom is -0.497 e. The first-order valence-corrected chi connectivity index (χ1v) is 9.96. The molecule has 0 unspecified atom stereocenters. The number of methoxy groups -OCH3 is 1. The van der Waals surface area contributed by atoms with Crippen molar-refractivity contribution in [3.63, 3.8) is 0 Å². The molecule has 0 aliphatic heterocycles. The van der Waals surface area contributed by atoms with E-state index in [-0.39, 0.29) is 16.1 Å². The molecule has 0 aliphatic rings. The molecule has 3 aromatic rings. The molecule has 0 spiro atoms. The highest BCUT2D eigenvalue weighted by atomic mass is 32.2. The summed E-state index contributed by atoms with van der Waals surface area (Å²) in [5, 5.41) is 2.78. The maximum absolute atomic E-state index is 12.9. The zero-order valence-corrected chi connectivity index (χ0v) is 16.3. The summed E-state index contributed by atoms with van der Waals surface area (Å²) in [4.78, 5) is 12.9. The van der Waals surface area contributed by atoms with E-state index in [1.165, 1.54) is 19.2 Å². The maximum Gasteiger partial charge on any atom is 0.264 e. The van der Waals surface area contributed by atoms with Crippen molar-refractivity contribution in [1.82, 2.24) is 0 Å². The molecule has 3 rings (SSSR count). The molecule has 0 heterocycles. The van der Waals surface area contributed by atoms with Crippen molar-refractivity contribution in [2.24, 2.45) is 0 Å². The van der Waals surface area contributed by atoms with Gasteiger partial charge in [-0.3, -0.25) is 9.10 Å². The number of para-hydroxylation sites is 1. The van der Waals surface area contributed by atoms with Crippen molar-refractivity contribution < 1.29 is 17.9 Å². The van der Waals surface area contributed by atoms with Crippen molar-refractivity contribution in [3.8, 4) is 5.75 Å². The van der Waals surface area contributed by atoms with Crippen molar-refractivity contribution in [3.05, 3.63) is 84.4 Å². The first-order chi connectivity index (χ1) is 13.4. The molecule has 144 valence electrons. The number of carbonyl (C=O) groups excluding carboxylic acids is 1. The molecule has 0 bridgehead atoms. The van der Waals surface area contributed by atoms with Gasteiger partial charge in [-0.05, 0) is 48.5 Å². The number of hydrogen-bond donors (Lipinski definition) is 1. The van der Waals surface area contributed by atoms with Crippen LogP contribution in [-0.4, -0.2) is 28.5 Å². The van der Waals surface area contributed by atoms with Gasteiger partial charge in [-0.15, -0.1) is 0 Å². The summed E-state index contributed by atoms with van der Waals surface area (Å²) in [7, 11) is -0.798. The Labute approximate surface area is 164 Å². The molecular formula is C21H20N2O4S. The number of amides is 1. The highest BCUT2D eigenvalue weighted by Gasteiger charge is 2.24. The number of nitrogens with zero attached hydrogens (tertiary/aromatic N) is 1. The van der Waals surface area contributed by atoms with E-state index in [9.17, 15) is 13.2 Å². The average molecular weight is 396 g/mol. The Morgan fingerprint density at radius 3 is 2.14 bits per heavy atom. The van der Waals surface area contributed by atoms with Gasteiger partial charge < -0.3 is 10.1 Å². The summed E-state index contributed by atoms with van der Waals surface area (Å²) in [6.45, 7) is 0. The molecular weight excluding hydrogens is 376 g/mol. The molecule has 0 aromatic heterocycles. The first-order valence-electron chi connectivity index (χ1n) is 8.52. The van der Waals surface area contributed by atoms with Gasteiger partial charge in [-0.2, -0.15) is 0 Å². The fourth-order valence-electron chi connectivity index (χ4n) is 2.69. The van der Waals surface area contributed by atoms with Crippen LogP contribution in [0.15, 0.2) is 83.8 Å². The summed E-state index contributed by atoms with van der Waals surface area (Å²) in [6.07, 6.45) is 0. The predicted octanol–water partition coefficient (Wildman–Crippen LogP) is 3.77. The molecule has 3 aromatic carbocycles. The summed E-state index contributed by atoms with van der Waals surface area (Å²) in [6, 6.07) is 21.5. The normalized spacial score (nSPS) is 10.9. The summed E-state index contributed by atoms with van der Waals surface area (Å²) in [5.74, 6) is 0.267. The zero-order chi connectivity index (χ0) is 20.1. The van der Waals surface area contributed by atoms with E-state index in [0.29, 0.717) is 11.4 Å². The van der Waals surface area contributed by atoms with Gasteiger partial charge in [0.2, 0.25) is 0 Å². The topological polar surface area (TPSA) is 75.7 Å². The fourth-order valence-corrected chi connectivity index (χ4v) is 3.93. The maximum atomic E-state index is 12.9. The highest BCUT2D eigenvalue weighted by Crippen LogP contribution is 2.26. The Bertz CT molecular complexity index is 1070. The van der Waals surface area contributed by atoms with Crippen LogP contribution < -0.4 is 14.4 Å². The van der Waals surface area contributed by atoms with E-state index in [4.69, 9.17) is 4.74 Å². The van der Waals surface area contributed by atoms with Crippen LogP contribution in [0.4, 0.5) is 11.4 Å². The van der Waals surface area contributed by atoms with Gasteiger partial charge in [0.05, 0.1) is 23.3 Å². The number of ether oxygens (including phenoxy) is 1. The number of nitrogens with one attached hydrogen (secondary N) is 1. The third-order valence-corrected chi connectivity index (χ3v) is 6.02. The Morgan fingerprint density at radius 1 is 0.893 bits per heavy atom. The molecule has 0 aliphatic carbocycles. The van der Waals surface area contributed by atoms with Crippen LogP contribution in [0.1, 0.15) is 10.4 Å². The van der Waals surface area contributed by atoms with Crippen molar-refractivity contribution >= 4 is 27.3 Å². The Balaban J connectivity index is 1.91. The molecule has 0 saturated carbocycles. The largest absolute Gasteiger partial charge is 0.497 e. The minimum absolute atomic E-state index is 0.155. The van der Waals surface area contributed by atoms with E-state index in [2.05, 4.69) is 5.32 Å². The number of rotatable bonds is 6. The molecule has 0 saturated heterocycles. The number of benzene rings is 3. The van der Waals surface area contributed by atoms with Crippen LogP contribution in [0.2, 0.25) is 0 Å². The van der Waals surface area contributed by atoms with Crippen LogP contribution in [0.3, 0.4) is 0 Å². The Hall–Kier alpha value is -3.32. The van der Waals surface area contributed by atoms with Crippen LogP contribution in [0.25, 0.3) is 0 Å². The number of sulfonamides is 1. The van der Waals surface area contributed by atoms with E-state index >= 15 is 0 Å². The lowest BCUT2D eigenvalue weighted by atomic mass is 10.1. The second-order valence-corrected chi connectivity index (χ2v) is 7.95. The SMILES string of the molecule is COc1ccc(NC(=O)c2ccccc2N(C)S(=O)(=O)c2ccccc2)cc1. The lowest BCUT2D eigenvalue weighted by Gasteiger charge is -2.22. The predicted molar refractivity (Wildman–Crippen MR) is 109 cm³/mol. The molecule has 6 nitrogen and oxygen atoms in total. The summed E-state index contributed by atoms with van der Waals surface area (Å²) < 4.78 is 32.1. The minimum atomic E-state index is -3.79. The first kappa shape index (κ1) is 19.4. The van der Waals surface area contributed by atoms with Gasteiger partial charge >= 0.3 is 0 Å². The van der Waals surface area contributed by atoms with Gasteiger partial charge in [0.25, 0.3) is 15.9 Å². The Kier molecular flexibility index (Phi) is 5.65. The van der Waals surface area contributed by atoms with Gasteiger partial charge in [-0.1, -0.05) is 30.3 Å². The van der Waals surface area contributed by atoms with Crippen molar-refractivity contribution in [2.45, 2.75) is 4.90 Å². The average Bonchev–Trinajstić information content (AvgIpc) is 2.74. The van der Waals surface area contributed by atoms with E-state index in [1.807, 2.05) is 0 Å². The Morgan fingerprint density at radius 2 is 1.50 bits per heavy atom. The third-order valence-electron chi connectivity index (χ3n) is 4.24. The lowest BCUT2D eigenvalue weighted by Crippen LogP contribution is -2.29. The molecule has 0 atom stereocenters. The molecule has 1 N–H and O–H groups in total. The van der Waals surface area contributed by atoms with Crippen LogP contribution >= 0.6 is 0 Å². The van der Waals surface area contributed by atoms with E-state index in [1.54, 1.807) is 73.8 Å². The van der Waals surface area contributed by atoms with Crippen LogP contribution in [-0.2, 0) is 10.0 Å². The van der Waals surface area contributed by atoms with Gasteiger partial charge in [0.15, 0.2) is 0 Å². The third kappa shape index (κ3) is 3.99. The zero-order valence-electron chi connectivity index (χ0n) is 15.5. The molecule has 28 heavy (non-hydrogen) atoms. The molecule has 1 amide bonds. The summed E-state index contributed by atoms with van der Waals surface area (Å²) >= 11 is 0. The fraction of sp³-hybridized carbons (Fsp3) is 0.0952. The van der Waals surface area contributed by atoms with Crippen molar-refractivity contribution in [1.29, 1.82) is 0 Å². The summed E-state index contributed by atoms with van der Waals surface area (Å²) in [5.41, 5.74) is 1.12. The lowest BCUT2D eigenvalue weighted by molar-refractivity contribution is 0.102. The monoisotopic (exact) mass is 396 g/mol. The highest BCUT2D eigenvalue weighted by molar-refractivity contribution is 7.92. The standard InChI is InChI=1S/C21H20N2O4S/c1-23(28(25,26)18-8-4-3-5-9-18)20-11-7-6-10-19(20)21(24)22-16-12-14-17(27-2)15-13-16/h3-15H,1-2H3,(H,22,24). The number of hydrogen-bond acceptors (Lipinski definition) is 4. The van der Waals surface area contributed by atoms with Crippen LogP contribution in [0.5, 0.6) is 5.75 Å². The van der Waals surface area contributed by atoms with Crippen LogP contribution in [0, 0.1) is 0 Å².